The maximum Gasteiger partial charge on any atom is 0.306 e. The van der Waals surface area contributed by atoms with Crippen molar-refractivity contribution in [1.82, 2.24) is 0 Å². The highest BCUT2D eigenvalue weighted by atomic mass is 16.6. The molecule has 0 aromatic heterocycles. The van der Waals surface area contributed by atoms with Gasteiger partial charge in [0.1, 0.15) is 13.2 Å². The van der Waals surface area contributed by atoms with Crippen molar-refractivity contribution >= 4 is 17.9 Å². The first-order valence-electron chi connectivity index (χ1n) is 33.3. The summed E-state index contributed by atoms with van der Waals surface area (Å²) in [6.45, 7) is 6.63. The van der Waals surface area contributed by atoms with Gasteiger partial charge in [0.2, 0.25) is 0 Å². The van der Waals surface area contributed by atoms with E-state index in [1.165, 1.54) is 231 Å². The van der Waals surface area contributed by atoms with Crippen molar-refractivity contribution in [2.24, 2.45) is 0 Å². The largest absolute Gasteiger partial charge is 0.462 e. The average molecular weight is 1060 g/mol. The van der Waals surface area contributed by atoms with Crippen LogP contribution in [0.15, 0.2) is 60.8 Å². The summed E-state index contributed by atoms with van der Waals surface area (Å²) in [6.07, 6.45) is 82.3. The Morgan fingerprint density at radius 1 is 0.263 bits per heavy atom. The molecule has 0 bridgehead atoms. The van der Waals surface area contributed by atoms with Gasteiger partial charge >= 0.3 is 17.9 Å². The summed E-state index contributed by atoms with van der Waals surface area (Å²) in [4.78, 5) is 38.3. The van der Waals surface area contributed by atoms with Crippen molar-refractivity contribution in [2.75, 3.05) is 13.2 Å². The topological polar surface area (TPSA) is 78.9 Å². The fraction of sp³-hybridized carbons (Fsp3) is 0.814. The zero-order chi connectivity index (χ0) is 55.0. The first-order chi connectivity index (χ1) is 37.5. The summed E-state index contributed by atoms with van der Waals surface area (Å²) in [5.74, 6) is -0.872. The second kappa shape index (κ2) is 64.6. The first-order valence-corrected chi connectivity index (χ1v) is 33.3. The average Bonchev–Trinajstić information content (AvgIpc) is 3.42. The highest BCUT2D eigenvalue weighted by Crippen LogP contribution is 2.17. The lowest BCUT2D eigenvalue weighted by Crippen LogP contribution is -2.30. The normalized spacial score (nSPS) is 12.4. The minimum Gasteiger partial charge on any atom is -0.462 e. The Bertz CT molecular complexity index is 1360. The Labute approximate surface area is 472 Å². The van der Waals surface area contributed by atoms with Crippen molar-refractivity contribution in [3.63, 3.8) is 0 Å². The van der Waals surface area contributed by atoms with E-state index in [0.717, 1.165) is 77.0 Å². The fourth-order valence-corrected chi connectivity index (χ4v) is 9.68. The highest BCUT2D eigenvalue weighted by molar-refractivity contribution is 5.71. The smallest absolute Gasteiger partial charge is 0.306 e. The molecular weight excluding hydrogens is 937 g/mol. The highest BCUT2D eigenvalue weighted by Gasteiger charge is 2.19. The Morgan fingerprint density at radius 3 is 0.763 bits per heavy atom. The molecule has 1 unspecified atom stereocenters. The van der Waals surface area contributed by atoms with Crippen molar-refractivity contribution in [1.29, 1.82) is 0 Å². The van der Waals surface area contributed by atoms with Gasteiger partial charge in [0.05, 0.1) is 0 Å². The summed E-state index contributed by atoms with van der Waals surface area (Å²) >= 11 is 0. The number of unbranched alkanes of at least 4 members (excludes halogenated alkanes) is 40. The van der Waals surface area contributed by atoms with Crippen LogP contribution in [-0.4, -0.2) is 37.2 Å². The van der Waals surface area contributed by atoms with E-state index in [-0.39, 0.29) is 31.1 Å². The van der Waals surface area contributed by atoms with Crippen molar-refractivity contribution < 1.29 is 28.6 Å². The van der Waals surface area contributed by atoms with Crippen LogP contribution in [0.1, 0.15) is 348 Å². The van der Waals surface area contributed by atoms with Gasteiger partial charge in [-0.25, -0.2) is 0 Å². The molecule has 1 atom stereocenters. The molecule has 6 heteroatoms. The summed E-state index contributed by atoms with van der Waals surface area (Å²) in [6, 6.07) is 0. The number of rotatable bonds is 61. The van der Waals surface area contributed by atoms with Crippen LogP contribution in [0.3, 0.4) is 0 Å². The lowest BCUT2D eigenvalue weighted by Gasteiger charge is -2.18. The molecule has 0 aliphatic carbocycles. The van der Waals surface area contributed by atoms with Gasteiger partial charge in [0.25, 0.3) is 0 Å². The van der Waals surface area contributed by atoms with Crippen LogP contribution in [0.2, 0.25) is 0 Å². The van der Waals surface area contributed by atoms with Crippen LogP contribution >= 0.6 is 0 Å². The van der Waals surface area contributed by atoms with Gasteiger partial charge in [-0.3, -0.25) is 14.4 Å². The van der Waals surface area contributed by atoms with Crippen LogP contribution in [0, 0.1) is 0 Å². The van der Waals surface area contributed by atoms with Crippen LogP contribution in [0.4, 0.5) is 0 Å². The van der Waals surface area contributed by atoms with E-state index >= 15 is 0 Å². The SMILES string of the molecule is CCCCC/C=C\CCCCCCCC(=O)OCC(COC(=O)CCCCCCCCCCCCC/C=C\C/C=C\CCCCCCC)OC(=O)CCCCCCCCCCCCC/C=C\C/C=C\CCCCCCC. The second-order valence-corrected chi connectivity index (χ2v) is 22.4. The van der Waals surface area contributed by atoms with Gasteiger partial charge in [0, 0.05) is 19.3 Å². The molecule has 0 aliphatic rings. The molecular formula is C70H126O6. The van der Waals surface area contributed by atoms with E-state index in [1.807, 2.05) is 0 Å². The van der Waals surface area contributed by atoms with Gasteiger partial charge < -0.3 is 14.2 Å². The Balaban J connectivity index is 4.28. The third kappa shape index (κ3) is 62.0. The number of ether oxygens (including phenoxy) is 3. The molecule has 0 radical (unpaired) electrons. The zero-order valence-corrected chi connectivity index (χ0v) is 50.8. The lowest BCUT2D eigenvalue weighted by atomic mass is 10.0. The molecule has 0 saturated heterocycles. The minimum absolute atomic E-state index is 0.0766. The standard InChI is InChI=1S/C70H126O6/c1-4-7-10-13-16-19-22-25-27-29-31-33-35-37-39-41-43-45-48-51-54-57-60-63-69(72)75-66-67(65-74-68(71)62-59-56-53-50-47-24-21-18-15-12-9-6-3)76-70(73)64-61-58-55-52-49-46-44-42-40-38-36-34-32-30-28-26-23-20-17-14-11-8-5-2/h18,21-23,25-26,29-32,67H,4-17,19-20,24,27-28,33-66H2,1-3H3/b21-18-,25-22-,26-23-,31-29-,32-30-. The predicted molar refractivity (Wildman–Crippen MR) is 330 cm³/mol. The molecule has 0 fully saturated rings. The van der Waals surface area contributed by atoms with Crippen LogP contribution in [0.25, 0.3) is 0 Å². The molecule has 0 aromatic rings. The molecule has 0 N–H and O–H groups in total. The summed E-state index contributed by atoms with van der Waals surface area (Å²) in [7, 11) is 0. The van der Waals surface area contributed by atoms with E-state index in [9.17, 15) is 14.4 Å². The van der Waals surface area contributed by atoms with Crippen molar-refractivity contribution in [3.8, 4) is 0 Å². The fourth-order valence-electron chi connectivity index (χ4n) is 9.68. The molecule has 442 valence electrons. The molecule has 0 amide bonds. The number of allylic oxidation sites excluding steroid dienone is 10. The van der Waals surface area contributed by atoms with Gasteiger partial charge in [-0.05, 0) is 109 Å². The number of hydrogen-bond donors (Lipinski definition) is 0. The molecule has 0 spiro atoms. The van der Waals surface area contributed by atoms with Gasteiger partial charge in [-0.1, -0.05) is 281 Å². The molecule has 76 heavy (non-hydrogen) atoms. The van der Waals surface area contributed by atoms with E-state index in [1.54, 1.807) is 0 Å². The number of esters is 3. The van der Waals surface area contributed by atoms with Gasteiger partial charge in [-0.15, -0.1) is 0 Å². The third-order valence-electron chi connectivity index (χ3n) is 14.7. The Hall–Kier alpha value is -2.89. The molecule has 0 aromatic carbocycles. The lowest BCUT2D eigenvalue weighted by molar-refractivity contribution is -0.167. The van der Waals surface area contributed by atoms with E-state index in [0.29, 0.717) is 19.3 Å². The predicted octanol–water partition coefficient (Wildman–Crippen LogP) is 22.7. The quantitative estimate of drug-likeness (QED) is 0.0261. The Kier molecular flexibility index (Phi) is 62.2. The van der Waals surface area contributed by atoms with Crippen LogP contribution in [-0.2, 0) is 28.6 Å². The van der Waals surface area contributed by atoms with Gasteiger partial charge in [-0.2, -0.15) is 0 Å². The van der Waals surface area contributed by atoms with E-state index in [4.69, 9.17) is 14.2 Å². The number of carbonyl (C=O) groups is 3. The summed E-state index contributed by atoms with van der Waals surface area (Å²) < 4.78 is 16.9. The van der Waals surface area contributed by atoms with Crippen molar-refractivity contribution in [2.45, 2.75) is 354 Å². The molecule has 0 saturated carbocycles. The Morgan fingerprint density at radius 2 is 0.474 bits per heavy atom. The third-order valence-corrected chi connectivity index (χ3v) is 14.7. The van der Waals surface area contributed by atoms with Crippen molar-refractivity contribution in [3.05, 3.63) is 60.8 Å². The van der Waals surface area contributed by atoms with Crippen LogP contribution in [0.5, 0.6) is 0 Å². The van der Waals surface area contributed by atoms with E-state index in [2.05, 4.69) is 81.5 Å². The summed E-state index contributed by atoms with van der Waals surface area (Å²) in [5.41, 5.74) is 0. The molecule has 6 nitrogen and oxygen atoms in total. The summed E-state index contributed by atoms with van der Waals surface area (Å²) in [5, 5.41) is 0. The number of hydrogen-bond acceptors (Lipinski definition) is 6. The maximum atomic E-state index is 12.9. The number of carbonyl (C=O) groups excluding carboxylic acids is 3. The first kappa shape index (κ1) is 73.1. The molecule has 0 rings (SSSR count). The van der Waals surface area contributed by atoms with Crippen LogP contribution < -0.4 is 0 Å². The van der Waals surface area contributed by atoms with Gasteiger partial charge in [0.15, 0.2) is 6.10 Å². The molecule has 0 heterocycles. The zero-order valence-electron chi connectivity index (χ0n) is 50.8. The van der Waals surface area contributed by atoms with E-state index < -0.39 is 6.10 Å². The maximum absolute atomic E-state index is 12.9. The minimum atomic E-state index is -0.780. The second-order valence-electron chi connectivity index (χ2n) is 22.4. The molecule has 0 aliphatic heterocycles. The monoisotopic (exact) mass is 1060 g/mol.